The van der Waals surface area contributed by atoms with Crippen molar-refractivity contribution < 1.29 is 4.79 Å². The first-order valence-electron chi connectivity index (χ1n) is 5.18. The average Bonchev–Trinajstić information content (AvgIpc) is 2.29. The summed E-state index contributed by atoms with van der Waals surface area (Å²) in [7, 11) is 0. The van der Waals surface area contributed by atoms with Gasteiger partial charge < -0.3 is 0 Å². The summed E-state index contributed by atoms with van der Waals surface area (Å²) >= 11 is 5.03. The van der Waals surface area contributed by atoms with Gasteiger partial charge in [-0.15, -0.1) is 0 Å². The molecule has 0 bridgehead atoms. The molecule has 2 aromatic carbocycles. The van der Waals surface area contributed by atoms with E-state index in [1.165, 1.54) is 5.56 Å². The highest BCUT2D eigenvalue weighted by atomic mass is 79.9. The molecule has 0 amide bonds. The Morgan fingerprint density at radius 1 is 1.18 bits per heavy atom. The van der Waals surface area contributed by atoms with E-state index in [9.17, 15) is 4.79 Å². The average molecular weight is 307 g/mol. The summed E-state index contributed by atoms with van der Waals surface area (Å²) in [6, 6.07) is 13.9. The van der Waals surface area contributed by atoms with E-state index < -0.39 is 0 Å². The molecule has 0 radical (unpaired) electrons. The van der Waals surface area contributed by atoms with Crippen LogP contribution >= 0.6 is 27.7 Å². The molecule has 86 valence electrons. The van der Waals surface area contributed by atoms with E-state index in [-0.39, 0.29) is 0 Å². The van der Waals surface area contributed by atoms with Gasteiger partial charge in [-0.3, -0.25) is 4.79 Å². The summed E-state index contributed by atoms with van der Waals surface area (Å²) in [6.45, 7) is 2.06. The van der Waals surface area contributed by atoms with Gasteiger partial charge in [-0.2, -0.15) is 0 Å². The summed E-state index contributed by atoms with van der Waals surface area (Å²) in [5.74, 6) is 0. The second-order valence-electron chi connectivity index (χ2n) is 3.72. The van der Waals surface area contributed by atoms with Gasteiger partial charge in [0.05, 0.1) is 0 Å². The van der Waals surface area contributed by atoms with E-state index in [0.29, 0.717) is 0 Å². The molecular formula is C14H11BrOS. The van der Waals surface area contributed by atoms with Crippen LogP contribution in [0.4, 0.5) is 0 Å². The fraction of sp³-hybridized carbons (Fsp3) is 0.0714. The van der Waals surface area contributed by atoms with Crippen LogP contribution in [-0.2, 0) is 0 Å². The molecule has 2 rings (SSSR count). The van der Waals surface area contributed by atoms with Crippen molar-refractivity contribution in [2.45, 2.75) is 16.7 Å². The molecule has 0 aliphatic heterocycles. The quantitative estimate of drug-likeness (QED) is 0.763. The molecule has 0 N–H and O–H groups in total. The lowest BCUT2D eigenvalue weighted by molar-refractivity contribution is 0.112. The first-order valence-corrected chi connectivity index (χ1v) is 6.79. The minimum atomic E-state index is 0.722. The maximum atomic E-state index is 11.0. The van der Waals surface area contributed by atoms with Crippen LogP contribution in [0.15, 0.2) is 56.7 Å². The Hall–Kier alpha value is -1.06. The molecule has 0 atom stereocenters. The normalized spacial score (nSPS) is 10.2. The monoisotopic (exact) mass is 306 g/mol. The van der Waals surface area contributed by atoms with Crippen LogP contribution in [0.3, 0.4) is 0 Å². The van der Waals surface area contributed by atoms with E-state index in [0.717, 1.165) is 26.1 Å². The number of carbonyl (C=O) groups excluding carboxylic acids is 1. The molecule has 2 aromatic rings. The van der Waals surface area contributed by atoms with Gasteiger partial charge in [-0.1, -0.05) is 45.4 Å². The molecule has 3 heteroatoms. The van der Waals surface area contributed by atoms with Crippen molar-refractivity contribution >= 4 is 34.0 Å². The third-order valence-electron chi connectivity index (χ3n) is 2.32. The third-order valence-corrected chi connectivity index (χ3v) is 3.88. The Morgan fingerprint density at radius 2 is 2.00 bits per heavy atom. The lowest BCUT2D eigenvalue weighted by Gasteiger charge is -2.06. The third kappa shape index (κ3) is 3.20. The van der Waals surface area contributed by atoms with Crippen molar-refractivity contribution in [2.24, 2.45) is 0 Å². The van der Waals surface area contributed by atoms with Gasteiger partial charge in [0.25, 0.3) is 0 Å². The zero-order valence-electron chi connectivity index (χ0n) is 9.31. The second kappa shape index (κ2) is 5.52. The fourth-order valence-electron chi connectivity index (χ4n) is 1.50. The predicted octanol–water partition coefficient (Wildman–Crippen LogP) is 4.72. The highest BCUT2D eigenvalue weighted by Gasteiger charge is 2.04. The maximum Gasteiger partial charge on any atom is 0.151 e. The minimum Gasteiger partial charge on any atom is -0.298 e. The van der Waals surface area contributed by atoms with Gasteiger partial charge in [-0.05, 0) is 37.3 Å². The second-order valence-corrected chi connectivity index (χ2v) is 5.75. The smallest absolute Gasteiger partial charge is 0.151 e. The van der Waals surface area contributed by atoms with Crippen molar-refractivity contribution in [1.82, 2.24) is 0 Å². The zero-order valence-corrected chi connectivity index (χ0v) is 11.7. The zero-order chi connectivity index (χ0) is 12.3. The topological polar surface area (TPSA) is 17.1 Å². The van der Waals surface area contributed by atoms with Crippen molar-refractivity contribution in [1.29, 1.82) is 0 Å². The highest BCUT2D eigenvalue weighted by molar-refractivity contribution is 9.10. The molecule has 0 aliphatic carbocycles. The maximum absolute atomic E-state index is 11.0. The molecule has 1 nitrogen and oxygen atoms in total. The van der Waals surface area contributed by atoms with Crippen molar-refractivity contribution in [3.63, 3.8) is 0 Å². The molecule has 0 saturated carbocycles. The summed E-state index contributed by atoms with van der Waals surface area (Å²) in [6.07, 6.45) is 0.893. The number of rotatable bonds is 3. The van der Waals surface area contributed by atoms with Crippen molar-refractivity contribution in [2.75, 3.05) is 0 Å². The Balaban J connectivity index is 2.35. The van der Waals surface area contributed by atoms with E-state index in [1.807, 2.05) is 30.3 Å². The van der Waals surface area contributed by atoms with Crippen molar-refractivity contribution in [3.05, 3.63) is 58.1 Å². The van der Waals surface area contributed by atoms with Crippen molar-refractivity contribution in [3.8, 4) is 0 Å². The molecule has 0 heterocycles. The number of hydrogen-bond donors (Lipinski definition) is 0. The first-order chi connectivity index (χ1) is 8.19. The minimum absolute atomic E-state index is 0.722. The Labute approximate surface area is 113 Å². The lowest BCUT2D eigenvalue weighted by atomic mass is 10.2. The number of hydrogen-bond acceptors (Lipinski definition) is 2. The first kappa shape index (κ1) is 12.4. The number of benzene rings is 2. The lowest BCUT2D eigenvalue weighted by Crippen LogP contribution is -1.85. The Bertz CT molecular complexity index is 552. The highest BCUT2D eigenvalue weighted by Crippen LogP contribution is 2.32. The molecule has 0 saturated heterocycles. The number of aryl methyl sites for hydroxylation is 1. The molecule has 0 unspecified atom stereocenters. The molecule has 0 fully saturated rings. The van der Waals surface area contributed by atoms with Crippen LogP contribution in [0.1, 0.15) is 15.9 Å². The van der Waals surface area contributed by atoms with E-state index in [1.54, 1.807) is 11.8 Å². The molecule has 0 aliphatic rings. The van der Waals surface area contributed by atoms with E-state index in [2.05, 4.69) is 35.0 Å². The molecule has 17 heavy (non-hydrogen) atoms. The summed E-state index contributed by atoms with van der Waals surface area (Å²) in [5, 5.41) is 0. The van der Waals surface area contributed by atoms with Gasteiger partial charge in [0, 0.05) is 19.8 Å². The van der Waals surface area contributed by atoms with E-state index in [4.69, 9.17) is 0 Å². The van der Waals surface area contributed by atoms with Gasteiger partial charge in [-0.25, -0.2) is 0 Å². The number of aldehydes is 1. The van der Waals surface area contributed by atoms with Gasteiger partial charge in [0.2, 0.25) is 0 Å². The summed E-state index contributed by atoms with van der Waals surface area (Å²) in [4.78, 5) is 13.1. The van der Waals surface area contributed by atoms with Gasteiger partial charge in [0.15, 0.2) is 6.29 Å². The molecular weight excluding hydrogens is 296 g/mol. The largest absolute Gasteiger partial charge is 0.298 e. The van der Waals surface area contributed by atoms with Crippen LogP contribution < -0.4 is 0 Å². The summed E-state index contributed by atoms with van der Waals surface area (Å²) < 4.78 is 0.984. The van der Waals surface area contributed by atoms with E-state index >= 15 is 0 Å². The van der Waals surface area contributed by atoms with Gasteiger partial charge >= 0.3 is 0 Å². The summed E-state index contributed by atoms with van der Waals surface area (Å²) in [5.41, 5.74) is 1.94. The van der Waals surface area contributed by atoms with Crippen LogP contribution in [-0.4, -0.2) is 6.29 Å². The fourth-order valence-corrected chi connectivity index (χ4v) is 3.08. The van der Waals surface area contributed by atoms with Crippen LogP contribution in [0, 0.1) is 6.92 Å². The van der Waals surface area contributed by atoms with Crippen LogP contribution in [0.2, 0.25) is 0 Å². The number of carbonyl (C=O) groups is 1. The molecule has 0 spiro atoms. The van der Waals surface area contributed by atoms with Gasteiger partial charge in [0.1, 0.15) is 0 Å². The van der Waals surface area contributed by atoms with Crippen LogP contribution in [0.5, 0.6) is 0 Å². The standard InChI is InChI=1S/C14H11BrOS/c1-10-3-2-4-13(7-10)17-14-8-12(15)6-5-11(14)9-16/h2-9H,1H3. The Morgan fingerprint density at radius 3 is 2.71 bits per heavy atom. The Kier molecular flexibility index (Phi) is 4.02. The number of halogens is 1. The predicted molar refractivity (Wildman–Crippen MR) is 74.8 cm³/mol. The molecule has 0 aromatic heterocycles. The van der Waals surface area contributed by atoms with Crippen LogP contribution in [0.25, 0.3) is 0 Å². The SMILES string of the molecule is Cc1cccc(Sc2cc(Br)ccc2C=O)c1.